The van der Waals surface area contributed by atoms with E-state index < -0.39 is 0 Å². The SMILES string of the molecule is CCCC(C)(CN)N1CCN(C)CC1. The number of hydrogen-bond acceptors (Lipinski definition) is 3. The molecule has 0 aromatic rings. The third kappa shape index (κ3) is 2.69. The first kappa shape index (κ1) is 12.0. The summed E-state index contributed by atoms with van der Waals surface area (Å²) in [7, 11) is 2.19. The highest BCUT2D eigenvalue weighted by molar-refractivity contribution is 4.89. The van der Waals surface area contributed by atoms with Crippen molar-refractivity contribution in [3.05, 3.63) is 0 Å². The molecule has 0 aromatic heterocycles. The van der Waals surface area contributed by atoms with Gasteiger partial charge in [0, 0.05) is 38.3 Å². The van der Waals surface area contributed by atoms with E-state index in [-0.39, 0.29) is 5.54 Å². The molecule has 3 heteroatoms. The summed E-state index contributed by atoms with van der Waals surface area (Å²) in [6.07, 6.45) is 2.44. The maximum atomic E-state index is 5.90. The van der Waals surface area contributed by atoms with Gasteiger partial charge < -0.3 is 10.6 Å². The van der Waals surface area contributed by atoms with Crippen LogP contribution in [0.1, 0.15) is 26.7 Å². The van der Waals surface area contributed by atoms with Gasteiger partial charge in [-0.05, 0) is 20.4 Å². The van der Waals surface area contributed by atoms with E-state index in [0.29, 0.717) is 0 Å². The van der Waals surface area contributed by atoms with Crippen LogP contribution in [0.2, 0.25) is 0 Å². The third-order valence-electron chi connectivity index (χ3n) is 3.50. The number of hydrogen-bond donors (Lipinski definition) is 1. The van der Waals surface area contributed by atoms with Gasteiger partial charge in [-0.15, -0.1) is 0 Å². The fourth-order valence-electron chi connectivity index (χ4n) is 2.27. The van der Waals surface area contributed by atoms with Crippen LogP contribution >= 0.6 is 0 Å². The van der Waals surface area contributed by atoms with Crippen molar-refractivity contribution in [2.24, 2.45) is 5.73 Å². The third-order valence-corrected chi connectivity index (χ3v) is 3.50. The number of nitrogens with zero attached hydrogens (tertiary/aromatic N) is 2. The summed E-state index contributed by atoms with van der Waals surface area (Å²) in [5.41, 5.74) is 6.14. The molecular formula is C11H25N3. The fourth-order valence-corrected chi connectivity index (χ4v) is 2.27. The summed E-state index contributed by atoms with van der Waals surface area (Å²) < 4.78 is 0. The Morgan fingerprint density at radius 3 is 2.21 bits per heavy atom. The van der Waals surface area contributed by atoms with E-state index in [4.69, 9.17) is 5.73 Å². The second-order valence-corrected chi connectivity index (χ2v) is 4.74. The van der Waals surface area contributed by atoms with Crippen LogP contribution in [0, 0.1) is 0 Å². The summed E-state index contributed by atoms with van der Waals surface area (Å²) >= 11 is 0. The van der Waals surface area contributed by atoms with Crippen molar-refractivity contribution >= 4 is 0 Å². The van der Waals surface area contributed by atoms with E-state index >= 15 is 0 Å². The van der Waals surface area contributed by atoms with Gasteiger partial charge in [-0.1, -0.05) is 13.3 Å². The van der Waals surface area contributed by atoms with Gasteiger partial charge in [-0.3, -0.25) is 4.90 Å². The average Bonchev–Trinajstić information content (AvgIpc) is 2.19. The first-order chi connectivity index (χ1) is 6.62. The Morgan fingerprint density at radius 2 is 1.79 bits per heavy atom. The minimum Gasteiger partial charge on any atom is -0.329 e. The molecule has 1 fully saturated rings. The molecule has 1 aliphatic rings. The molecule has 14 heavy (non-hydrogen) atoms. The lowest BCUT2D eigenvalue weighted by Crippen LogP contribution is -2.58. The van der Waals surface area contributed by atoms with Crippen LogP contribution in [-0.4, -0.2) is 55.1 Å². The summed E-state index contributed by atoms with van der Waals surface area (Å²) in [4.78, 5) is 4.95. The molecule has 1 heterocycles. The summed E-state index contributed by atoms with van der Waals surface area (Å²) in [6, 6.07) is 0. The highest BCUT2D eigenvalue weighted by Crippen LogP contribution is 2.21. The van der Waals surface area contributed by atoms with E-state index in [2.05, 4.69) is 30.7 Å². The zero-order valence-electron chi connectivity index (χ0n) is 9.92. The maximum Gasteiger partial charge on any atom is 0.0304 e. The average molecular weight is 199 g/mol. The smallest absolute Gasteiger partial charge is 0.0304 e. The lowest BCUT2D eigenvalue weighted by atomic mass is 9.93. The largest absolute Gasteiger partial charge is 0.329 e. The van der Waals surface area contributed by atoms with Crippen molar-refractivity contribution < 1.29 is 0 Å². The molecule has 0 aliphatic carbocycles. The van der Waals surface area contributed by atoms with Gasteiger partial charge in [-0.2, -0.15) is 0 Å². The molecule has 0 bridgehead atoms. The standard InChI is InChI=1S/C11H25N3/c1-4-5-11(2,10-12)14-8-6-13(3)7-9-14/h4-10,12H2,1-3H3. The summed E-state index contributed by atoms with van der Waals surface area (Å²) in [5.74, 6) is 0. The number of piperazine rings is 1. The molecule has 0 amide bonds. The van der Waals surface area contributed by atoms with Crippen LogP contribution in [0.3, 0.4) is 0 Å². The molecule has 1 rings (SSSR count). The van der Waals surface area contributed by atoms with Crippen LogP contribution < -0.4 is 5.73 Å². The van der Waals surface area contributed by atoms with Gasteiger partial charge in [0.15, 0.2) is 0 Å². The normalized spacial score (nSPS) is 24.9. The Bertz CT molecular complexity index is 164. The highest BCUT2D eigenvalue weighted by atomic mass is 15.3. The van der Waals surface area contributed by atoms with Crippen molar-refractivity contribution in [3.8, 4) is 0 Å². The van der Waals surface area contributed by atoms with Gasteiger partial charge in [0.1, 0.15) is 0 Å². The van der Waals surface area contributed by atoms with Crippen molar-refractivity contribution in [1.82, 2.24) is 9.80 Å². The van der Waals surface area contributed by atoms with Crippen molar-refractivity contribution in [2.45, 2.75) is 32.2 Å². The van der Waals surface area contributed by atoms with Crippen molar-refractivity contribution in [3.63, 3.8) is 0 Å². The number of rotatable bonds is 4. The fraction of sp³-hybridized carbons (Fsp3) is 1.00. The molecule has 2 N–H and O–H groups in total. The molecule has 0 aromatic carbocycles. The summed E-state index contributed by atoms with van der Waals surface area (Å²) in [6.45, 7) is 10.0. The highest BCUT2D eigenvalue weighted by Gasteiger charge is 2.31. The van der Waals surface area contributed by atoms with Crippen molar-refractivity contribution in [2.75, 3.05) is 39.8 Å². The molecule has 0 spiro atoms. The Labute approximate surface area is 88.2 Å². The summed E-state index contributed by atoms with van der Waals surface area (Å²) in [5, 5.41) is 0. The molecule has 1 saturated heterocycles. The molecular weight excluding hydrogens is 174 g/mol. The lowest BCUT2D eigenvalue weighted by Gasteiger charge is -2.45. The molecule has 0 saturated carbocycles. The molecule has 1 aliphatic heterocycles. The van der Waals surface area contributed by atoms with E-state index in [1.54, 1.807) is 0 Å². The van der Waals surface area contributed by atoms with E-state index in [1.165, 1.54) is 39.0 Å². The van der Waals surface area contributed by atoms with E-state index in [9.17, 15) is 0 Å². The number of nitrogens with two attached hydrogens (primary N) is 1. The minimum atomic E-state index is 0.232. The quantitative estimate of drug-likeness (QED) is 0.725. The molecule has 1 atom stereocenters. The Morgan fingerprint density at radius 1 is 1.21 bits per heavy atom. The first-order valence-electron chi connectivity index (χ1n) is 5.76. The van der Waals surface area contributed by atoms with Crippen LogP contribution in [0.25, 0.3) is 0 Å². The van der Waals surface area contributed by atoms with Crippen LogP contribution in [0.4, 0.5) is 0 Å². The molecule has 3 nitrogen and oxygen atoms in total. The van der Waals surface area contributed by atoms with Gasteiger partial charge in [0.05, 0.1) is 0 Å². The van der Waals surface area contributed by atoms with Gasteiger partial charge in [0.25, 0.3) is 0 Å². The number of likely N-dealkylation sites (N-methyl/N-ethyl adjacent to an activating group) is 1. The second-order valence-electron chi connectivity index (χ2n) is 4.74. The van der Waals surface area contributed by atoms with Crippen LogP contribution in [-0.2, 0) is 0 Å². The minimum absolute atomic E-state index is 0.232. The van der Waals surface area contributed by atoms with Gasteiger partial charge in [0.2, 0.25) is 0 Å². The monoisotopic (exact) mass is 199 g/mol. The molecule has 1 unspecified atom stereocenters. The van der Waals surface area contributed by atoms with E-state index in [0.717, 1.165) is 6.54 Å². The van der Waals surface area contributed by atoms with Gasteiger partial charge in [-0.25, -0.2) is 0 Å². The maximum absolute atomic E-state index is 5.90. The zero-order valence-corrected chi connectivity index (χ0v) is 9.92. The topological polar surface area (TPSA) is 32.5 Å². The second kappa shape index (κ2) is 5.10. The molecule has 0 radical (unpaired) electrons. The van der Waals surface area contributed by atoms with Crippen molar-refractivity contribution in [1.29, 1.82) is 0 Å². The Kier molecular flexibility index (Phi) is 4.35. The van der Waals surface area contributed by atoms with Gasteiger partial charge >= 0.3 is 0 Å². The molecule has 84 valence electrons. The predicted molar refractivity (Wildman–Crippen MR) is 61.4 cm³/mol. The first-order valence-corrected chi connectivity index (χ1v) is 5.76. The van der Waals surface area contributed by atoms with Crippen LogP contribution in [0.15, 0.2) is 0 Å². The van der Waals surface area contributed by atoms with Crippen LogP contribution in [0.5, 0.6) is 0 Å². The Balaban J connectivity index is 2.52. The van der Waals surface area contributed by atoms with E-state index in [1.807, 2.05) is 0 Å². The Hall–Kier alpha value is -0.120. The lowest BCUT2D eigenvalue weighted by molar-refractivity contribution is 0.0498. The zero-order chi connectivity index (χ0) is 10.6. The predicted octanol–water partition coefficient (Wildman–Crippen LogP) is 0.751.